The zero-order valence-electron chi connectivity index (χ0n) is 23.0. The van der Waals surface area contributed by atoms with Gasteiger partial charge in [0.15, 0.2) is 0 Å². The van der Waals surface area contributed by atoms with Crippen LogP contribution in [0, 0.1) is 5.92 Å². The van der Waals surface area contributed by atoms with E-state index in [1.54, 1.807) is 18.3 Å². The molecule has 4 unspecified atom stereocenters. The Morgan fingerprint density at radius 1 is 0.854 bits per heavy atom. The molecule has 0 fully saturated rings. The first-order chi connectivity index (χ1) is 19.5. The molecule has 3 rings (SSSR count). The van der Waals surface area contributed by atoms with E-state index in [-0.39, 0.29) is 24.5 Å². The van der Waals surface area contributed by atoms with Gasteiger partial charge in [-0.3, -0.25) is 14.4 Å². The van der Waals surface area contributed by atoms with Crippen LogP contribution >= 0.6 is 0 Å². The number of aromatic hydroxyl groups is 1. The molecule has 2 aromatic carbocycles. The van der Waals surface area contributed by atoms with Crippen LogP contribution in [0.1, 0.15) is 31.4 Å². The van der Waals surface area contributed by atoms with Crippen LogP contribution in [-0.2, 0) is 32.0 Å². The topological polar surface area (TPSA) is 207 Å². The van der Waals surface area contributed by atoms with Gasteiger partial charge >= 0.3 is 5.97 Å². The summed E-state index contributed by atoms with van der Waals surface area (Å²) < 4.78 is 0. The molecule has 3 aromatic rings. The summed E-state index contributed by atoms with van der Waals surface area (Å²) in [7, 11) is 0. The second-order valence-corrected chi connectivity index (χ2v) is 10.4. The molecule has 0 radical (unpaired) electrons. The standard InChI is InChI=1S/C29H37N5O7/c1-16(2)11-21(30)26(37)32-23(12-17-7-9-19(36)10-8-17)27(38)33-24(28(39)34-25(15-35)29(40)41)13-18-14-31-22-6-4-3-5-20(18)22/h3-10,14,16,21,23-25,31,35-36H,11-13,15,30H2,1-2H3,(H,32,37)(H,33,38)(H,34,39)(H,40,41). The van der Waals surface area contributed by atoms with Gasteiger partial charge in [-0.1, -0.05) is 44.2 Å². The van der Waals surface area contributed by atoms with E-state index in [0.717, 1.165) is 10.9 Å². The maximum Gasteiger partial charge on any atom is 0.328 e. The minimum Gasteiger partial charge on any atom is -0.508 e. The molecule has 12 heteroatoms. The zero-order valence-corrected chi connectivity index (χ0v) is 23.0. The number of phenolic OH excluding ortho intramolecular Hbond substituents is 1. The smallest absolute Gasteiger partial charge is 0.328 e. The number of hydrogen-bond donors (Lipinski definition) is 8. The molecule has 0 spiro atoms. The van der Waals surface area contributed by atoms with Gasteiger partial charge in [-0.05, 0) is 41.7 Å². The third-order valence-electron chi connectivity index (χ3n) is 6.60. The fourth-order valence-corrected chi connectivity index (χ4v) is 4.43. The van der Waals surface area contributed by atoms with Crippen molar-refractivity contribution in [2.75, 3.05) is 6.61 Å². The number of phenols is 1. The normalized spacial score (nSPS) is 14.2. The number of benzene rings is 2. The Morgan fingerprint density at radius 3 is 2.05 bits per heavy atom. The first-order valence-electron chi connectivity index (χ1n) is 13.3. The Morgan fingerprint density at radius 2 is 1.44 bits per heavy atom. The number of carboxylic acids is 1. The highest BCUT2D eigenvalue weighted by atomic mass is 16.4. The summed E-state index contributed by atoms with van der Waals surface area (Å²) in [5, 5.41) is 36.8. The van der Waals surface area contributed by atoms with Crippen LogP contribution in [0.2, 0.25) is 0 Å². The number of amides is 3. The maximum absolute atomic E-state index is 13.6. The lowest BCUT2D eigenvalue weighted by Gasteiger charge is -2.25. The SMILES string of the molecule is CC(C)CC(N)C(=O)NC(Cc1ccc(O)cc1)C(=O)NC(Cc1c[nH]c2ccccc12)C(=O)NC(CO)C(=O)O. The van der Waals surface area contributed by atoms with Crippen LogP contribution in [-0.4, -0.2) is 74.8 Å². The Kier molecular flexibility index (Phi) is 10.8. The molecule has 9 N–H and O–H groups in total. The Balaban J connectivity index is 1.89. The van der Waals surface area contributed by atoms with E-state index in [0.29, 0.717) is 17.5 Å². The predicted octanol–water partition coefficient (Wildman–Crippen LogP) is 0.563. The molecule has 220 valence electrons. The van der Waals surface area contributed by atoms with Gasteiger partial charge in [0.25, 0.3) is 0 Å². The van der Waals surface area contributed by atoms with Crippen molar-refractivity contribution in [2.45, 2.75) is 57.3 Å². The lowest BCUT2D eigenvalue weighted by Crippen LogP contribution is -2.58. The van der Waals surface area contributed by atoms with E-state index in [2.05, 4.69) is 20.9 Å². The van der Waals surface area contributed by atoms with E-state index < -0.39 is 54.5 Å². The van der Waals surface area contributed by atoms with Gasteiger partial charge in [0.1, 0.15) is 23.9 Å². The highest BCUT2D eigenvalue weighted by molar-refractivity contribution is 5.95. The average Bonchev–Trinajstić information content (AvgIpc) is 3.34. The van der Waals surface area contributed by atoms with E-state index >= 15 is 0 Å². The monoisotopic (exact) mass is 567 g/mol. The third-order valence-corrected chi connectivity index (χ3v) is 6.60. The van der Waals surface area contributed by atoms with Crippen molar-refractivity contribution in [1.82, 2.24) is 20.9 Å². The van der Waals surface area contributed by atoms with Crippen molar-refractivity contribution < 1.29 is 34.5 Å². The number of carbonyl (C=O) groups is 4. The number of nitrogens with one attached hydrogen (secondary N) is 4. The number of para-hydroxylation sites is 1. The Bertz CT molecular complexity index is 1360. The number of rotatable bonds is 14. The molecule has 0 saturated heterocycles. The third kappa shape index (κ3) is 8.78. The molecule has 41 heavy (non-hydrogen) atoms. The number of hydrogen-bond acceptors (Lipinski definition) is 7. The lowest BCUT2D eigenvalue weighted by atomic mass is 10.0. The summed E-state index contributed by atoms with van der Waals surface area (Å²) in [6.45, 7) is 2.99. The molecule has 0 bridgehead atoms. The molecule has 3 amide bonds. The van der Waals surface area contributed by atoms with Crippen LogP contribution < -0.4 is 21.7 Å². The number of aromatic nitrogens is 1. The summed E-state index contributed by atoms with van der Waals surface area (Å²) in [6.07, 6.45) is 2.11. The molecule has 4 atom stereocenters. The summed E-state index contributed by atoms with van der Waals surface area (Å²) in [4.78, 5) is 54.3. The van der Waals surface area contributed by atoms with Crippen molar-refractivity contribution in [3.8, 4) is 5.75 Å². The second kappa shape index (κ2) is 14.3. The van der Waals surface area contributed by atoms with E-state index in [9.17, 15) is 34.5 Å². The fraction of sp³-hybridized carbons (Fsp3) is 0.379. The number of aromatic amines is 1. The first-order valence-corrected chi connectivity index (χ1v) is 13.3. The Hall–Kier alpha value is -4.42. The van der Waals surface area contributed by atoms with Crippen molar-refractivity contribution in [1.29, 1.82) is 0 Å². The number of nitrogens with two attached hydrogens (primary N) is 1. The van der Waals surface area contributed by atoms with Crippen molar-refractivity contribution in [2.24, 2.45) is 11.7 Å². The summed E-state index contributed by atoms with van der Waals surface area (Å²) in [5.74, 6) is -3.32. The second-order valence-electron chi connectivity index (χ2n) is 10.4. The summed E-state index contributed by atoms with van der Waals surface area (Å²) in [5.41, 5.74) is 8.17. The van der Waals surface area contributed by atoms with Crippen molar-refractivity contribution in [3.05, 3.63) is 65.9 Å². The minimum absolute atomic E-state index is 0.00784. The van der Waals surface area contributed by atoms with Gasteiger partial charge < -0.3 is 42.0 Å². The van der Waals surface area contributed by atoms with Gasteiger partial charge in [-0.25, -0.2) is 4.79 Å². The van der Waals surface area contributed by atoms with E-state index in [4.69, 9.17) is 5.73 Å². The van der Waals surface area contributed by atoms with Gasteiger partial charge in [-0.2, -0.15) is 0 Å². The van der Waals surface area contributed by atoms with Crippen molar-refractivity contribution >= 4 is 34.6 Å². The predicted molar refractivity (Wildman–Crippen MR) is 152 cm³/mol. The van der Waals surface area contributed by atoms with Crippen LogP contribution in [0.4, 0.5) is 0 Å². The number of aliphatic hydroxyl groups is 1. The van der Waals surface area contributed by atoms with Crippen LogP contribution in [0.3, 0.4) is 0 Å². The fourth-order valence-electron chi connectivity index (χ4n) is 4.43. The van der Waals surface area contributed by atoms with Crippen molar-refractivity contribution in [3.63, 3.8) is 0 Å². The largest absolute Gasteiger partial charge is 0.508 e. The van der Waals surface area contributed by atoms with E-state index in [1.165, 1.54) is 12.1 Å². The zero-order chi connectivity index (χ0) is 30.1. The highest BCUT2D eigenvalue weighted by Crippen LogP contribution is 2.19. The van der Waals surface area contributed by atoms with Gasteiger partial charge in [0.05, 0.1) is 12.6 Å². The van der Waals surface area contributed by atoms with Crippen LogP contribution in [0.5, 0.6) is 5.75 Å². The Labute approximate surface area is 237 Å². The number of H-pyrrole nitrogens is 1. The molecule has 0 aliphatic rings. The molecule has 0 saturated carbocycles. The quantitative estimate of drug-likeness (QED) is 0.138. The minimum atomic E-state index is -1.58. The number of carboxylic acid groups (broad SMARTS) is 1. The first kappa shape index (κ1) is 31.1. The molecule has 12 nitrogen and oxygen atoms in total. The molecular formula is C29H37N5O7. The lowest BCUT2D eigenvalue weighted by molar-refractivity contribution is -0.143. The van der Waals surface area contributed by atoms with Gasteiger partial charge in [-0.15, -0.1) is 0 Å². The number of carbonyl (C=O) groups excluding carboxylic acids is 3. The molecule has 1 heterocycles. The number of aliphatic hydroxyl groups excluding tert-OH is 1. The number of aliphatic carboxylic acids is 1. The molecule has 0 aliphatic heterocycles. The van der Waals surface area contributed by atoms with E-state index in [1.807, 2.05) is 38.1 Å². The molecule has 1 aromatic heterocycles. The molecular weight excluding hydrogens is 530 g/mol. The average molecular weight is 568 g/mol. The van der Waals surface area contributed by atoms with Crippen LogP contribution in [0.25, 0.3) is 10.9 Å². The van der Waals surface area contributed by atoms with Gasteiger partial charge in [0, 0.05) is 29.9 Å². The maximum atomic E-state index is 13.6. The molecule has 0 aliphatic carbocycles. The number of fused-ring (bicyclic) bond motifs is 1. The summed E-state index contributed by atoms with van der Waals surface area (Å²) in [6, 6.07) is 8.62. The highest BCUT2D eigenvalue weighted by Gasteiger charge is 2.31. The van der Waals surface area contributed by atoms with Crippen LogP contribution in [0.15, 0.2) is 54.7 Å². The summed E-state index contributed by atoms with van der Waals surface area (Å²) >= 11 is 0. The van der Waals surface area contributed by atoms with Gasteiger partial charge in [0.2, 0.25) is 17.7 Å².